The van der Waals surface area contributed by atoms with E-state index in [1.54, 1.807) is 60.4 Å². The third kappa shape index (κ3) is 4.54. The number of fused-ring (bicyclic) bond motifs is 2. The molecule has 3 aromatic carbocycles. The average Bonchev–Trinajstić information content (AvgIpc) is 3.17. The lowest BCUT2D eigenvalue weighted by atomic mass is 9.97. The number of nitrogens with zero attached hydrogens (tertiary/aromatic N) is 1. The van der Waals surface area contributed by atoms with Crippen molar-refractivity contribution in [3.8, 4) is 11.5 Å². The van der Waals surface area contributed by atoms with E-state index in [-0.39, 0.29) is 46.7 Å². The molecule has 1 aliphatic rings. The first kappa shape index (κ1) is 25.5. The number of amides is 1. The van der Waals surface area contributed by atoms with E-state index in [9.17, 15) is 14.0 Å². The van der Waals surface area contributed by atoms with Crippen LogP contribution in [-0.4, -0.2) is 24.0 Å². The SMILES string of the molecule is C=CCOc1ccc(C2c3c(oc4cc(C)c(Cl)cc4c3=O)C(=O)N2Cc2ccc(F)cc2)cc1OCC. The fraction of sp³-hybridized carbons (Fsp3) is 0.200. The molecule has 38 heavy (non-hydrogen) atoms. The van der Waals surface area contributed by atoms with Gasteiger partial charge in [-0.15, -0.1) is 0 Å². The summed E-state index contributed by atoms with van der Waals surface area (Å²) in [5, 5.41) is 0.716. The molecule has 0 bridgehead atoms. The van der Waals surface area contributed by atoms with Gasteiger partial charge in [0.15, 0.2) is 16.9 Å². The van der Waals surface area contributed by atoms with Crippen LogP contribution in [0.1, 0.15) is 45.8 Å². The number of halogens is 2. The van der Waals surface area contributed by atoms with E-state index in [0.29, 0.717) is 34.3 Å². The predicted octanol–water partition coefficient (Wildman–Crippen LogP) is 6.60. The highest BCUT2D eigenvalue weighted by Crippen LogP contribution is 2.42. The van der Waals surface area contributed by atoms with Crippen LogP contribution in [0.3, 0.4) is 0 Å². The summed E-state index contributed by atoms with van der Waals surface area (Å²) < 4.78 is 31.2. The Morgan fingerprint density at radius 2 is 1.84 bits per heavy atom. The van der Waals surface area contributed by atoms with Gasteiger partial charge in [0, 0.05) is 11.6 Å². The highest BCUT2D eigenvalue weighted by Gasteiger charge is 2.43. The summed E-state index contributed by atoms with van der Waals surface area (Å²) in [6.45, 7) is 8.13. The van der Waals surface area contributed by atoms with Gasteiger partial charge in [-0.1, -0.05) is 42.5 Å². The monoisotopic (exact) mass is 533 g/mol. The maximum atomic E-state index is 13.9. The fourth-order valence-corrected chi connectivity index (χ4v) is 4.83. The molecule has 0 saturated carbocycles. The van der Waals surface area contributed by atoms with Crippen LogP contribution in [0.25, 0.3) is 11.0 Å². The number of rotatable bonds is 8. The zero-order chi connectivity index (χ0) is 27.0. The molecule has 6 nitrogen and oxygen atoms in total. The Kier molecular flexibility index (Phi) is 6.95. The molecule has 0 N–H and O–H groups in total. The third-order valence-corrected chi connectivity index (χ3v) is 6.86. The highest BCUT2D eigenvalue weighted by atomic mass is 35.5. The molecule has 1 amide bonds. The Hall–Kier alpha value is -4.10. The summed E-state index contributed by atoms with van der Waals surface area (Å²) >= 11 is 6.33. The Balaban J connectivity index is 1.71. The predicted molar refractivity (Wildman–Crippen MR) is 144 cm³/mol. The fourth-order valence-electron chi connectivity index (χ4n) is 4.67. The Bertz CT molecular complexity index is 1610. The average molecular weight is 534 g/mol. The van der Waals surface area contributed by atoms with E-state index >= 15 is 0 Å². The summed E-state index contributed by atoms with van der Waals surface area (Å²) in [4.78, 5) is 29.2. The minimum absolute atomic E-state index is 0.0266. The number of aryl methyl sites for hydroxylation is 1. The van der Waals surface area contributed by atoms with Crippen molar-refractivity contribution in [3.05, 3.63) is 116 Å². The van der Waals surface area contributed by atoms with Crippen LogP contribution < -0.4 is 14.9 Å². The van der Waals surface area contributed by atoms with Gasteiger partial charge < -0.3 is 18.8 Å². The summed E-state index contributed by atoms with van der Waals surface area (Å²) in [5.41, 5.74) is 2.22. The van der Waals surface area contributed by atoms with Crippen molar-refractivity contribution in [2.45, 2.75) is 26.4 Å². The van der Waals surface area contributed by atoms with Gasteiger partial charge in [-0.25, -0.2) is 4.39 Å². The van der Waals surface area contributed by atoms with Crippen LogP contribution in [0.2, 0.25) is 5.02 Å². The van der Waals surface area contributed by atoms with Gasteiger partial charge in [0.1, 0.15) is 18.0 Å². The number of benzene rings is 3. The lowest BCUT2D eigenvalue weighted by Crippen LogP contribution is -2.29. The molecule has 4 aromatic rings. The number of hydrogen-bond acceptors (Lipinski definition) is 5. The molecule has 0 radical (unpaired) electrons. The number of ether oxygens (including phenoxy) is 2. The molecular formula is C30H25ClFNO5. The van der Waals surface area contributed by atoms with Gasteiger partial charge in [-0.2, -0.15) is 0 Å². The van der Waals surface area contributed by atoms with Crippen molar-refractivity contribution in [1.82, 2.24) is 4.90 Å². The number of carbonyl (C=O) groups is 1. The molecule has 0 saturated heterocycles. The molecule has 0 spiro atoms. The lowest BCUT2D eigenvalue weighted by molar-refractivity contribution is 0.0714. The van der Waals surface area contributed by atoms with Crippen molar-refractivity contribution in [1.29, 1.82) is 0 Å². The number of carbonyl (C=O) groups excluding carboxylic acids is 1. The van der Waals surface area contributed by atoms with Crippen LogP contribution in [0.4, 0.5) is 4.39 Å². The van der Waals surface area contributed by atoms with E-state index in [2.05, 4.69) is 6.58 Å². The van der Waals surface area contributed by atoms with Crippen molar-refractivity contribution in [3.63, 3.8) is 0 Å². The molecule has 194 valence electrons. The molecule has 1 unspecified atom stereocenters. The first-order valence-corrected chi connectivity index (χ1v) is 12.5. The summed E-state index contributed by atoms with van der Waals surface area (Å²) in [6, 6.07) is 13.6. The highest BCUT2D eigenvalue weighted by molar-refractivity contribution is 6.32. The number of hydrogen-bond donors (Lipinski definition) is 0. The standard InChI is InChI=1S/C30H25ClFNO5/c1-4-12-37-23-11-8-19(14-25(23)36-5-2)27-26-28(34)21-15-22(31)17(3)13-24(21)38-29(26)30(35)33(27)16-18-6-9-20(32)10-7-18/h4,6-11,13-15,27H,1,5,12,16H2,2-3H3. The largest absolute Gasteiger partial charge is 0.490 e. The van der Waals surface area contributed by atoms with Crippen LogP contribution in [0, 0.1) is 12.7 Å². The minimum atomic E-state index is -0.782. The van der Waals surface area contributed by atoms with Gasteiger partial charge in [-0.3, -0.25) is 9.59 Å². The summed E-state index contributed by atoms with van der Waals surface area (Å²) in [6.07, 6.45) is 1.63. The smallest absolute Gasteiger partial charge is 0.291 e. The van der Waals surface area contributed by atoms with Crippen molar-refractivity contribution >= 4 is 28.5 Å². The molecule has 0 fully saturated rings. The zero-order valence-electron chi connectivity index (χ0n) is 20.9. The first-order chi connectivity index (χ1) is 18.3. The van der Waals surface area contributed by atoms with Gasteiger partial charge in [0.05, 0.1) is 23.6 Å². The maximum Gasteiger partial charge on any atom is 0.291 e. The summed E-state index contributed by atoms with van der Waals surface area (Å²) in [7, 11) is 0. The van der Waals surface area contributed by atoms with E-state index < -0.39 is 11.9 Å². The molecule has 1 aromatic heterocycles. The quantitative estimate of drug-likeness (QED) is 0.239. The van der Waals surface area contributed by atoms with E-state index in [4.69, 9.17) is 25.5 Å². The second kappa shape index (κ2) is 10.3. The first-order valence-electron chi connectivity index (χ1n) is 12.1. The Morgan fingerprint density at radius 3 is 2.55 bits per heavy atom. The summed E-state index contributed by atoms with van der Waals surface area (Å²) in [5.74, 6) is 0.136. The second-order valence-electron chi connectivity index (χ2n) is 8.97. The lowest BCUT2D eigenvalue weighted by Gasteiger charge is -2.26. The Labute approximate surface area is 223 Å². The van der Waals surface area contributed by atoms with Crippen LogP contribution in [0.15, 0.2) is 76.5 Å². The second-order valence-corrected chi connectivity index (χ2v) is 9.38. The van der Waals surface area contributed by atoms with Crippen LogP contribution in [0.5, 0.6) is 11.5 Å². The minimum Gasteiger partial charge on any atom is -0.490 e. The molecule has 1 atom stereocenters. The van der Waals surface area contributed by atoms with Gasteiger partial charge in [-0.05, 0) is 66.9 Å². The van der Waals surface area contributed by atoms with E-state index in [0.717, 1.165) is 5.56 Å². The van der Waals surface area contributed by atoms with Crippen LogP contribution >= 0.6 is 11.6 Å². The maximum absolute atomic E-state index is 13.9. The molecule has 0 aliphatic carbocycles. The van der Waals surface area contributed by atoms with Crippen molar-refractivity contribution in [2.75, 3.05) is 13.2 Å². The van der Waals surface area contributed by atoms with Crippen molar-refractivity contribution < 1.29 is 23.1 Å². The third-order valence-electron chi connectivity index (χ3n) is 6.45. The molecule has 2 heterocycles. The van der Waals surface area contributed by atoms with Gasteiger partial charge in [0.25, 0.3) is 5.91 Å². The Morgan fingerprint density at radius 1 is 1.08 bits per heavy atom. The van der Waals surface area contributed by atoms with Crippen molar-refractivity contribution in [2.24, 2.45) is 0 Å². The zero-order valence-corrected chi connectivity index (χ0v) is 21.7. The van der Waals surface area contributed by atoms with E-state index in [1.807, 2.05) is 6.92 Å². The molecular weight excluding hydrogens is 509 g/mol. The van der Waals surface area contributed by atoms with Crippen LogP contribution in [-0.2, 0) is 6.54 Å². The normalized spacial score (nSPS) is 14.6. The van der Waals surface area contributed by atoms with Gasteiger partial charge >= 0.3 is 0 Å². The van der Waals surface area contributed by atoms with E-state index in [1.165, 1.54) is 12.1 Å². The topological polar surface area (TPSA) is 69.0 Å². The van der Waals surface area contributed by atoms with Gasteiger partial charge in [0.2, 0.25) is 5.76 Å². The molecule has 8 heteroatoms. The molecule has 1 aliphatic heterocycles. The molecule has 5 rings (SSSR count).